The van der Waals surface area contributed by atoms with Crippen LogP contribution in [0.2, 0.25) is 0 Å². The van der Waals surface area contributed by atoms with Gasteiger partial charge in [0.1, 0.15) is 5.75 Å². The zero-order valence-corrected chi connectivity index (χ0v) is 13.6. The SMILES string of the molecule is Cc1cccc(OCC(=O)N2CCC(NC(=O)C3CC3)CC2)c1. The van der Waals surface area contributed by atoms with Gasteiger partial charge in [-0.1, -0.05) is 12.1 Å². The van der Waals surface area contributed by atoms with Crippen LogP contribution in [0.5, 0.6) is 5.75 Å². The Morgan fingerprint density at radius 3 is 2.61 bits per heavy atom. The molecule has 0 bridgehead atoms. The van der Waals surface area contributed by atoms with Crippen LogP contribution in [-0.4, -0.2) is 42.5 Å². The quantitative estimate of drug-likeness (QED) is 0.902. The van der Waals surface area contributed by atoms with Gasteiger partial charge >= 0.3 is 0 Å². The molecule has 0 atom stereocenters. The second-order valence-electron chi connectivity index (χ2n) is 6.54. The van der Waals surface area contributed by atoms with Crippen LogP contribution in [0.1, 0.15) is 31.2 Å². The Morgan fingerprint density at radius 1 is 1.22 bits per heavy atom. The van der Waals surface area contributed by atoms with Crippen molar-refractivity contribution >= 4 is 11.8 Å². The largest absolute Gasteiger partial charge is 0.484 e. The molecule has 124 valence electrons. The van der Waals surface area contributed by atoms with Gasteiger partial charge < -0.3 is 15.0 Å². The summed E-state index contributed by atoms with van der Waals surface area (Å²) in [5.74, 6) is 1.18. The van der Waals surface area contributed by atoms with Crippen LogP contribution in [0.3, 0.4) is 0 Å². The Morgan fingerprint density at radius 2 is 1.96 bits per heavy atom. The number of likely N-dealkylation sites (tertiary alicyclic amines) is 1. The Hall–Kier alpha value is -2.04. The minimum Gasteiger partial charge on any atom is -0.484 e. The number of piperidine rings is 1. The van der Waals surface area contributed by atoms with Gasteiger partial charge in [0.15, 0.2) is 6.61 Å². The maximum Gasteiger partial charge on any atom is 0.260 e. The number of carbonyl (C=O) groups excluding carboxylic acids is 2. The lowest BCUT2D eigenvalue weighted by Crippen LogP contribution is -2.48. The lowest BCUT2D eigenvalue weighted by molar-refractivity contribution is -0.134. The molecule has 0 radical (unpaired) electrons. The van der Waals surface area contributed by atoms with Crippen molar-refractivity contribution in [2.45, 2.75) is 38.6 Å². The molecule has 1 N–H and O–H groups in total. The molecule has 5 heteroatoms. The Labute approximate surface area is 137 Å². The van der Waals surface area contributed by atoms with Crippen LogP contribution in [0, 0.1) is 12.8 Å². The second kappa shape index (κ2) is 7.02. The average molecular weight is 316 g/mol. The Balaban J connectivity index is 1.40. The first-order valence-electron chi connectivity index (χ1n) is 8.39. The number of nitrogens with one attached hydrogen (secondary N) is 1. The van der Waals surface area contributed by atoms with Crippen LogP contribution in [0.4, 0.5) is 0 Å². The number of aryl methyl sites for hydroxylation is 1. The van der Waals surface area contributed by atoms with E-state index < -0.39 is 0 Å². The highest BCUT2D eigenvalue weighted by Gasteiger charge is 2.32. The van der Waals surface area contributed by atoms with Gasteiger partial charge in [0.05, 0.1) is 0 Å². The number of benzene rings is 1. The summed E-state index contributed by atoms with van der Waals surface area (Å²) in [7, 11) is 0. The lowest BCUT2D eigenvalue weighted by atomic mass is 10.0. The van der Waals surface area contributed by atoms with E-state index in [9.17, 15) is 9.59 Å². The van der Waals surface area contributed by atoms with Crippen molar-refractivity contribution in [2.24, 2.45) is 5.92 Å². The molecule has 23 heavy (non-hydrogen) atoms. The van der Waals surface area contributed by atoms with E-state index in [4.69, 9.17) is 4.74 Å². The molecular formula is C18H24N2O3. The van der Waals surface area contributed by atoms with Crippen LogP contribution in [0.25, 0.3) is 0 Å². The second-order valence-corrected chi connectivity index (χ2v) is 6.54. The van der Waals surface area contributed by atoms with Crippen LogP contribution in [-0.2, 0) is 9.59 Å². The van der Waals surface area contributed by atoms with Gasteiger partial charge in [-0.2, -0.15) is 0 Å². The number of ether oxygens (including phenoxy) is 1. The van der Waals surface area contributed by atoms with E-state index >= 15 is 0 Å². The van der Waals surface area contributed by atoms with Gasteiger partial charge in [-0.25, -0.2) is 0 Å². The first kappa shape index (κ1) is 15.8. The van der Waals surface area contributed by atoms with Crippen molar-refractivity contribution < 1.29 is 14.3 Å². The summed E-state index contributed by atoms with van der Waals surface area (Å²) in [6.45, 7) is 3.44. The van der Waals surface area contributed by atoms with E-state index in [0.29, 0.717) is 13.1 Å². The summed E-state index contributed by atoms with van der Waals surface area (Å²) in [5, 5.41) is 3.10. The summed E-state index contributed by atoms with van der Waals surface area (Å²) < 4.78 is 5.57. The number of nitrogens with zero attached hydrogens (tertiary/aromatic N) is 1. The summed E-state index contributed by atoms with van der Waals surface area (Å²) in [5.41, 5.74) is 1.11. The molecule has 1 aliphatic carbocycles. The molecule has 1 saturated heterocycles. The molecule has 1 aromatic carbocycles. The summed E-state index contributed by atoms with van der Waals surface area (Å²) in [4.78, 5) is 25.8. The standard InChI is InChI=1S/C18H24N2O3/c1-13-3-2-4-16(11-13)23-12-17(21)20-9-7-15(8-10-20)19-18(22)14-5-6-14/h2-4,11,14-15H,5-10,12H2,1H3,(H,19,22). The third kappa shape index (κ3) is 4.47. The molecule has 1 heterocycles. The highest BCUT2D eigenvalue weighted by atomic mass is 16.5. The molecule has 3 rings (SSSR count). The zero-order chi connectivity index (χ0) is 16.2. The first-order chi connectivity index (χ1) is 11.1. The maximum atomic E-state index is 12.2. The van der Waals surface area contributed by atoms with Gasteiger partial charge in [0.25, 0.3) is 5.91 Å². The third-order valence-electron chi connectivity index (χ3n) is 4.49. The maximum absolute atomic E-state index is 12.2. The van der Waals surface area contributed by atoms with Crippen molar-refractivity contribution in [1.82, 2.24) is 10.2 Å². The molecule has 0 spiro atoms. The van der Waals surface area contributed by atoms with Gasteiger partial charge in [-0.15, -0.1) is 0 Å². The fourth-order valence-electron chi connectivity index (χ4n) is 2.88. The normalized spacial score (nSPS) is 18.6. The fraction of sp³-hybridized carbons (Fsp3) is 0.556. The minimum absolute atomic E-state index is 0.0125. The molecule has 5 nitrogen and oxygen atoms in total. The van der Waals surface area contributed by atoms with Crippen molar-refractivity contribution in [3.63, 3.8) is 0 Å². The predicted octanol–water partition coefficient (Wildman–Crippen LogP) is 1.89. The van der Waals surface area contributed by atoms with E-state index in [2.05, 4.69) is 5.32 Å². The number of amides is 2. The molecular weight excluding hydrogens is 292 g/mol. The van der Waals surface area contributed by atoms with Crippen LogP contribution >= 0.6 is 0 Å². The van der Waals surface area contributed by atoms with E-state index in [-0.39, 0.29) is 30.4 Å². The fourth-order valence-corrected chi connectivity index (χ4v) is 2.88. The molecule has 2 amide bonds. The van der Waals surface area contributed by atoms with E-state index in [0.717, 1.165) is 37.0 Å². The zero-order valence-electron chi connectivity index (χ0n) is 13.6. The van der Waals surface area contributed by atoms with Gasteiger partial charge in [0, 0.05) is 25.0 Å². The highest BCUT2D eigenvalue weighted by Crippen LogP contribution is 2.29. The molecule has 1 saturated carbocycles. The number of carbonyl (C=O) groups is 2. The topological polar surface area (TPSA) is 58.6 Å². The highest BCUT2D eigenvalue weighted by molar-refractivity contribution is 5.81. The van der Waals surface area contributed by atoms with Gasteiger partial charge in [0.2, 0.25) is 5.91 Å². The summed E-state index contributed by atoms with van der Waals surface area (Å²) >= 11 is 0. The molecule has 1 aromatic rings. The van der Waals surface area contributed by atoms with Crippen LogP contribution < -0.4 is 10.1 Å². The van der Waals surface area contributed by atoms with Crippen molar-refractivity contribution in [3.8, 4) is 5.75 Å². The van der Waals surface area contributed by atoms with E-state index in [1.165, 1.54) is 0 Å². The molecule has 1 aliphatic heterocycles. The minimum atomic E-state index is 0.0125. The van der Waals surface area contributed by atoms with E-state index in [1.54, 1.807) is 0 Å². The third-order valence-corrected chi connectivity index (χ3v) is 4.49. The predicted molar refractivity (Wildman–Crippen MR) is 87.1 cm³/mol. The number of hydrogen-bond acceptors (Lipinski definition) is 3. The van der Waals surface area contributed by atoms with E-state index in [1.807, 2.05) is 36.1 Å². The van der Waals surface area contributed by atoms with Crippen molar-refractivity contribution in [1.29, 1.82) is 0 Å². The summed E-state index contributed by atoms with van der Waals surface area (Å²) in [6, 6.07) is 7.91. The molecule has 2 fully saturated rings. The van der Waals surface area contributed by atoms with Gasteiger partial charge in [-0.05, 0) is 50.3 Å². The molecule has 2 aliphatic rings. The van der Waals surface area contributed by atoms with Crippen molar-refractivity contribution in [3.05, 3.63) is 29.8 Å². The van der Waals surface area contributed by atoms with Gasteiger partial charge in [-0.3, -0.25) is 9.59 Å². The number of hydrogen-bond donors (Lipinski definition) is 1. The lowest BCUT2D eigenvalue weighted by Gasteiger charge is -2.32. The smallest absolute Gasteiger partial charge is 0.260 e. The Kier molecular flexibility index (Phi) is 4.84. The van der Waals surface area contributed by atoms with Crippen molar-refractivity contribution in [2.75, 3.05) is 19.7 Å². The number of rotatable bonds is 5. The summed E-state index contributed by atoms with van der Waals surface area (Å²) in [6.07, 6.45) is 3.71. The average Bonchev–Trinajstić information content (AvgIpc) is 3.38. The monoisotopic (exact) mass is 316 g/mol. The molecule has 0 unspecified atom stereocenters. The van der Waals surface area contributed by atoms with Crippen LogP contribution in [0.15, 0.2) is 24.3 Å². The molecule has 0 aromatic heterocycles. The first-order valence-corrected chi connectivity index (χ1v) is 8.39. The Bertz CT molecular complexity index is 575.